The Bertz CT molecular complexity index is 1210. The number of carbonyl (C=O) groups excluding carboxylic acids is 1. The van der Waals surface area contributed by atoms with Crippen molar-refractivity contribution in [3.05, 3.63) is 69.4 Å². The quantitative estimate of drug-likeness (QED) is 0.298. The van der Waals surface area contributed by atoms with Gasteiger partial charge >= 0.3 is 0 Å². The zero-order valence-electron chi connectivity index (χ0n) is 14.0. The number of hydrogen-bond donors (Lipinski definition) is 3. The lowest BCUT2D eigenvalue weighted by molar-refractivity contribution is 0.102. The average Bonchev–Trinajstić information content (AvgIpc) is 3.31. The molecule has 10 heteroatoms. The van der Waals surface area contributed by atoms with E-state index in [1.807, 2.05) is 24.3 Å². The molecule has 3 N–H and O–H groups in total. The number of nitrogens with one attached hydrogen (secondary N) is 3. The van der Waals surface area contributed by atoms with Crippen molar-refractivity contribution in [2.45, 2.75) is 0 Å². The minimum atomic E-state index is -0.420. The summed E-state index contributed by atoms with van der Waals surface area (Å²) in [6.07, 6.45) is 0. The lowest BCUT2D eigenvalue weighted by Crippen LogP contribution is -2.18. The summed E-state index contributed by atoms with van der Waals surface area (Å²) in [6.45, 7) is 0. The smallest absolute Gasteiger partial charge is 0.258 e. The first-order chi connectivity index (χ1) is 13.5. The molecule has 4 rings (SSSR count). The van der Waals surface area contributed by atoms with Gasteiger partial charge in [0.05, 0.1) is 10.0 Å². The predicted octanol–water partition coefficient (Wildman–Crippen LogP) is 4.88. The Morgan fingerprint density at radius 2 is 2.00 bits per heavy atom. The molecule has 0 saturated heterocycles. The summed E-state index contributed by atoms with van der Waals surface area (Å²) in [4.78, 5) is 12.6. The molecule has 0 saturated carbocycles. The fourth-order valence-corrected chi connectivity index (χ4v) is 3.86. The minimum Gasteiger partial charge on any atom is -0.339 e. The van der Waals surface area contributed by atoms with Gasteiger partial charge in [-0.25, -0.2) is 9.02 Å². The van der Waals surface area contributed by atoms with E-state index in [4.69, 9.17) is 10.0 Å². The van der Waals surface area contributed by atoms with Crippen molar-refractivity contribution in [2.75, 3.05) is 10.6 Å². The first-order valence-corrected chi connectivity index (χ1v) is 9.61. The number of fused-ring (bicyclic) bond motifs is 1. The number of nitrogens with zero attached hydrogens (tertiary/aromatic N) is 2. The third-order valence-corrected chi connectivity index (χ3v) is 5.44. The highest BCUT2D eigenvalue weighted by atomic mass is 79.9. The number of carbonyl (C=O) groups is 1. The van der Waals surface area contributed by atoms with Crippen molar-refractivity contribution in [2.24, 2.45) is 0 Å². The first kappa shape index (κ1) is 18.3. The highest BCUT2D eigenvalue weighted by Gasteiger charge is 2.20. The lowest BCUT2D eigenvalue weighted by atomic mass is 10.1. The Morgan fingerprint density at radius 3 is 2.82 bits per heavy atom. The second-order valence-corrected chi connectivity index (χ2v) is 7.46. The highest BCUT2D eigenvalue weighted by Crippen LogP contribution is 2.27. The van der Waals surface area contributed by atoms with E-state index in [1.165, 1.54) is 29.5 Å². The van der Waals surface area contributed by atoms with E-state index in [2.05, 4.69) is 36.9 Å². The Balaban J connectivity index is 1.54. The molecule has 28 heavy (non-hydrogen) atoms. The van der Waals surface area contributed by atoms with E-state index in [0.29, 0.717) is 11.3 Å². The van der Waals surface area contributed by atoms with E-state index in [9.17, 15) is 9.18 Å². The zero-order chi connectivity index (χ0) is 19.7. The molecule has 2 heterocycles. The Labute approximate surface area is 170 Å². The fraction of sp³-hybridized carbons (Fsp3) is 0. The second-order valence-electron chi connectivity index (χ2n) is 5.69. The van der Waals surface area contributed by atoms with Gasteiger partial charge in [-0.3, -0.25) is 10.2 Å². The number of anilines is 2. The summed E-state index contributed by atoms with van der Waals surface area (Å²) in [7, 11) is 0. The summed E-state index contributed by atoms with van der Waals surface area (Å²) in [5, 5.41) is 23.5. The molecule has 2 aromatic heterocycles. The molecule has 0 aliphatic carbocycles. The van der Waals surface area contributed by atoms with Crippen LogP contribution in [-0.4, -0.2) is 22.1 Å². The average molecular weight is 460 g/mol. The summed E-state index contributed by atoms with van der Waals surface area (Å²) in [6, 6.07) is 11.8. The number of amides is 1. The Morgan fingerprint density at radius 1 is 1.18 bits per heavy atom. The zero-order valence-corrected chi connectivity index (χ0v) is 16.4. The van der Waals surface area contributed by atoms with Crippen LogP contribution in [-0.2, 0) is 0 Å². The maximum Gasteiger partial charge on any atom is 0.258 e. The SMILES string of the molecule is N=C(Nc1ccc(F)c(Br)c1)c1nonc1NC(=O)c1csc2ccccc12. The minimum absolute atomic E-state index is 0.0129. The molecule has 0 atom stereocenters. The highest BCUT2D eigenvalue weighted by molar-refractivity contribution is 9.10. The molecule has 0 aliphatic heterocycles. The van der Waals surface area contributed by atoms with Crippen LogP contribution in [0.3, 0.4) is 0 Å². The molecular weight excluding hydrogens is 449 g/mol. The number of thiophene rings is 1. The van der Waals surface area contributed by atoms with Gasteiger partial charge in [0.1, 0.15) is 5.82 Å². The number of hydrogen-bond acceptors (Lipinski definition) is 6. The van der Waals surface area contributed by atoms with Gasteiger partial charge in [0.15, 0.2) is 11.5 Å². The summed E-state index contributed by atoms with van der Waals surface area (Å²) < 4.78 is 19.3. The predicted molar refractivity (Wildman–Crippen MR) is 109 cm³/mol. The van der Waals surface area contributed by atoms with Gasteiger partial charge in [0.2, 0.25) is 5.82 Å². The topological polar surface area (TPSA) is 104 Å². The molecule has 140 valence electrons. The van der Waals surface area contributed by atoms with Crippen LogP contribution in [0, 0.1) is 11.2 Å². The second kappa shape index (κ2) is 7.49. The number of rotatable bonds is 4. The maximum atomic E-state index is 13.4. The third kappa shape index (κ3) is 3.51. The van der Waals surface area contributed by atoms with Gasteiger partial charge in [0, 0.05) is 21.2 Å². The first-order valence-electron chi connectivity index (χ1n) is 7.94. The summed E-state index contributed by atoms with van der Waals surface area (Å²) >= 11 is 4.55. The van der Waals surface area contributed by atoms with Crippen LogP contribution in [0.4, 0.5) is 15.9 Å². The molecule has 4 aromatic rings. The van der Waals surface area contributed by atoms with E-state index in [-0.39, 0.29) is 27.7 Å². The molecule has 0 spiro atoms. The van der Waals surface area contributed by atoms with Crippen molar-refractivity contribution in [1.29, 1.82) is 5.41 Å². The number of aromatic nitrogens is 2. The van der Waals surface area contributed by atoms with Gasteiger partial charge in [-0.1, -0.05) is 18.2 Å². The Kier molecular flexibility index (Phi) is 4.88. The van der Waals surface area contributed by atoms with Gasteiger partial charge in [0.25, 0.3) is 5.91 Å². The van der Waals surface area contributed by atoms with Crippen LogP contribution < -0.4 is 10.6 Å². The number of halogens is 2. The van der Waals surface area contributed by atoms with Gasteiger partial charge < -0.3 is 10.6 Å². The Hall–Kier alpha value is -3.11. The molecular formula is C18H11BrFN5O2S. The van der Waals surface area contributed by atoms with Crippen molar-refractivity contribution in [3.63, 3.8) is 0 Å². The van der Waals surface area contributed by atoms with Crippen LogP contribution in [0.15, 0.2) is 56.9 Å². The molecule has 2 aromatic carbocycles. The van der Waals surface area contributed by atoms with Crippen molar-refractivity contribution in [3.8, 4) is 0 Å². The molecule has 0 unspecified atom stereocenters. The maximum absolute atomic E-state index is 13.4. The monoisotopic (exact) mass is 459 g/mol. The van der Waals surface area contributed by atoms with Gasteiger partial charge in [-0.2, -0.15) is 0 Å². The largest absolute Gasteiger partial charge is 0.339 e. The standard InChI is InChI=1S/C18H11BrFN5O2S/c19-12-7-9(5-6-13(12)20)22-16(21)15-17(25-27-24-15)23-18(26)11-8-28-14-4-2-1-3-10(11)14/h1-8H,(H2,21,22)(H,23,25,26). The number of amidine groups is 1. The summed E-state index contributed by atoms with van der Waals surface area (Å²) in [5.41, 5.74) is 0.979. The van der Waals surface area contributed by atoms with Crippen molar-refractivity contribution < 1.29 is 13.8 Å². The fourth-order valence-electron chi connectivity index (χ4n) is 2.54. The van der Waals surface area contributed by atoms with Gasteiger partial charge in [-0.15, -0.1) is 11.3 Å². The molecule has 1 amide bonds. The van der Waals surface area contributed by atoms with E-state index < -0.39 is 5.82 Å². The molecule has 7 nitrogen and oxygen atoms in total. The van der Waals surface area contributed by atoms with Crippen molar-refractivity contribution >= 4 is 60.6 Å². The van der Waals surface area contributed by atoms with E-state index >= 15 is 0 Å². The van der Waals surface area contributed by atoms with Crippen LogP contribution in [0.25, 0.3) is 10.1 Å². The number of benzene rings is 2. The molecule has 0 aliphatic rings. The molecule has 0 fully saturated rings. The van der Waals surface area contributed by atoms with Crippen LogP contribution in [0.5, 0.6) is 0 Å². The van der Waals surface area contributed by atoms with Crippen LogP contribution in [0.2, 0.25) is 0 Å². The molecule has 0 radical (unpaired) electrons. The van der Waals surface area contributed by atoms with Crippen LogP contribution in [0.1, 0.15) is 16.1 Å². The molecule has 0 bridgehead atoms. The van der Waals surface area contributed by atoms with Crippen molar-refractivity contribution in [1.82, 2.24) is 10.3 Å². The third-order valence-electron chi connectivity index (χ3n) is 3.87. The van der Waals surface area contributed by atoms with E-state index in [0.717, 1.165) is 10.1 Å². The van der Waals surface area contributed by atoms with Crippen LogP contribution >= 0.6 is 27.3 Å². The van der Waals surface area contributed by atoms with E-state index in [1.54, 1.807) is 5.38 Å². The van der Waals surface area contributed by atoms with Gasteiger partial charge in [-0.05, 0) is 50.5 Å². The summed E-state index contributed by atoms with van der Waals surface area (Å²) in [5.74, 6) is -0.952. The lowest BCUT2D eigenvalue weighted by Gasteiger charge is -2.07. The normalized spacial score (nSPS) is 10.8.